The molecule has 3 heteroatoms. The molecule has 0 aromatic carbocycles. The van der Waals surface area contributed by atoms with Crippen molar-refractivity contribution in [2.45, 2.75) is 41.0 Å². The second-order valence-electron chi connectivity index (χ2n) is 5.55. The molecule has 0 atom stereocenters. The Labute approximate surface area is 86.5 Å². The number of aliphatic carboxylic acids is 1. The zero-order chi connectivity index (χ0) is 11.4. The molecule has 0 aromatic rings. The van der Waals surface area contributed by atoms with Gasteiger partial charge in [-0.2, -0.15) is 0 Å². The molecule has 0 spiro atoms. The standard InChI is InChI=1S/C11H22O3/c1-10(2,3)6-7-14-8-11(4,5)9(12)13/h6-8H2,1-5H3,(H,12,13). The van der Waals surface area contributed by atoms with E-state index in [0.29, 0.717) is 6.61 Å². The molecule has 14 heavy (non-hydrogen) atoms. The van der Waals surface area contributed by atoms with E-state index in [0.717, 1.165) is 6.42 Å². The van der Waals surface area contributed by atoms with E-state index in [4.69, 9.17) is 9.84 Å². The highest BCUT2D eigenvalue weighted by atomic mass is 16.5. The highest BCUT2D eigenvalue weighted by Crippen LogP contribution is 2.20. The monoisotopic (exact) mass is 202 g/mol. The molecule has 0 bridgehead atoms. The normalized spacial score (nSPS) is 12.9. The summed E-state index contributed by atoms with van der Waals surface area (Å²) in [5, 5.41) is 8.82. The minimum absolute atomic E-state index is 0.243. The van der Waals surface area contributed by atoms with Crippen LogP contribution < -0.4 is 0 Å². The molecule has 84 valence electrons. The van der Waals surface area contributed by atoms with E-state index in [1.807, 2.05) is 0 Å². The summed E-state index contributed by atoms with van der Waals surface area (Å²) in [5.41, 5.74) is -0.536. The summed E-state index contributed by atoms with van der Waals surface area (Å²) < 4.78 is 5.35. The Hall–Kier alpha value is -0.570. The molecule has 0 saturated heterocycles. The van der Waals surface area contributed by atoms with Crippen LogP contribution in [0.5, 0.6) is 0 Å². The van der Waals surface area contributed by atoms with Gasteiger partial charge in [-0.3, -0.25) is 4.79 Å². The van der Waals surface area contributed by atoms with Gasteiger partial charge < -0.3 is 9.84 Å². The zero-order valence-corrected chi connectivity index (χ0v) is 9.89. The Morgan fingerprint density at radius 1 is 1.21 bits per heavy atom. The van der Waals surface area contributed by atoms with Gasteiger partial charge in [0, 0.05) is 6.61 Å². The molecule has 0 heterocycles. The molecule has 0 amide bonds. The minimum atomic E-state index is -0.812. The van der Waals surface area contributed by atoms with E-state index >= 15 is 0 Å². The SMILES string of the molecule is CC(C)(C)CCOCC(C)(C)C(=O)O. The smallest absolute Gasteiger partial charge is 0.311 e. The van der Waals surface area contributed by atoms with Crippen LogP contribution in [0, 0.1) is 10.8 Å². The van der Waals surface area contributed by atoms with Crippen LogP contribution in [0.15, 0.2) is 0 Å². The summed E-state index contributed by atoms with van der Waals surface area (Å²) in [6.45, 7) is 10.7. The van der Waals surface area contributed by atoms with Crippen molar-refractivity contribution in [2.24, 2.45) is 10.8 Å². The minimum Gasteiger partial charge on any atom is -0.481 e. The fourth-order valence-corrected chi connectivity index (χ4v) is 0.767. The number of carboxylic acids is 1. The molecule has 0 rings (SSSR count). The van der Waals surface area contributed by atoms with E-state index in [2.05, 4.69) is 20.8 Å². The molecular formula is C11H22O3. The molecule has 0 unspecified atom stereocenters. The molecule has 0 aliphatic rings. The Morgan fingerprint density at radius 2 is 1.71 bits per heavy atom. The van der Waals surface area contributed by atoms with Crippen molar-refractivity contribution >= 4 is 5.97 Å². The van der Waals surface area contributed by atoms with Crippen LogP contribution in [0.25, 0.3) is 0 Å². The molecular weight excluding hydrogens is 180 g/mol. The van der Waals surface area contributed by atoms with Gasteiger partial charge >= 0.3 is 5.97 Å². The number of carboxylic acid groups (broad SMARTS) is 1. The van der Waals surface area contributed by atoms with Gasteiger partial charge in [-0.05, 0) is 25.7 Å². The summed E-state index contributed by atoms with van der Waals surface area (Å²) in [6, 6.07) is 0. The van der Waals surface area contributed by atoms with Crippen LogP contribution in [0.1, 0.15) is 41.0 Å². The van der Waals surface area contributed by atoms with E-state index in [1.165, 1.54) is 0 Å². The van der Waals surface area contributed by atoms with Crippen molar-refractivity contribution in [1.29, 1.82) is 0 Å². The van der Waals surface area contributed by atoms with Gasteiger partial charge in [0.05, 0.1) is 12.0 Å². The maximum absolute atomic E-state index is 10.7. The molecule has 0 aliphatic heterocycles. The third kappa shape index (κ3) is 5.97. The molecule has 0 aromatic heterocycles. The second kappa shape index (κ2) is 4.78. The van der Waals surface area contributed by atoms with Crippen LogP contribution in [-0.4, -0.2) is 24.3 Å². The summed E-state index contributed by atoms with van der Waals surface area (Å²) >= 11 is 0. The van der Waals surface area contributed by atoms with E-state index in [1.54, 1.807) is 13.8 Å². The average Bonchev–Trinajstić information content (AvgIpc) is 1.96. The van der Waals surface area contributed by atoms with Crippen LogP contribution in [-0.2, 0) is 9.53 Å². The van der Waals surface area contributed by atoms with Gasteiger partial charge in [0.15, 0.2) is 0 Å². The van der Waals surface area contributed by atoms with Crippen LogP contribution in [0.2, 0.25) is 0 Å². The highest BCUT2D eigenvalue weighted by Gasteiger charge is 2.27. The van der Waals surface area contributed by atoms with Crippen molar-refractivity contribution in [3.05, 3.63) is 0 Å². The van der Waals surface area contributed by atoms with Crippen molar-refractivity contribution in [1.82, 2.24) is 0 Å². The number of rotatable bonds is 5. The van der Waals surface area contributed by atoms with E-state index in [9.17, 15) is 4.79 Å². The van der Waals surface area contributed by atoms with Crippen molar-refractivity contribution in [3.63, 3.8) is 0 Å². The number of carbonyl (C=O) groups is 1. The van der Waals surface area contributed by atoms with Gasteiger partial charge in [-0.25, -0.2) is 0 Å². The van der Waals surface area contributed by atoms with E-state index < -0.39 is 11.4 Å². The summed E-state index contributed by atoms with van der Waals surface area (Å²) in [4.78, 5) is 10.7. The zero-order valence-electron chi connectivity index (χ0n) is 9.89. The molecule has 0 fully saturated rings. The predicted molar refractivity (Wildman–Crippen MR) is 56.3 cm³/mol. The lowest BCUT2D eigenvalue weighted by molar-refractivity contribution is -0.150. The molecule has 0 saturated carbocycles. The Balaban J connectivity index is 3.70. The van der Waals surface area contributed by atoms with Crippen LogP contribution >= 0.6 is 0 Å². The fourth-order valence-electron chi connectivity index (χ4n) is 0.767. The molecule has 0 radical (unpaired) electrons. The lowest BCUT2D eigenvalue weighted by Gasteiger charge is -2.21. The van der Waals surface area contributed by atoms with Gasteiger partial charge in [-0.1, -0.05) is 20.8 Å². The topological polar surface area (TPSA) is 46.5 Å². The first-order chi connectivity index (χ1) is 6.15. The van der Waals surface area contributed by atoms with Crippen molar-refractivity contribution in [2.75, 3.05) is 13.2 Å². The number of hydrogen-bond donors (Lipinski definition) is 1. The largest absolute Gasteiger partial charge is 0.481 e. The van der Waals surface area contributed by atoms with Gasteiger partial charge in [-0.15, -0.1) is 0 Å². The number of hydrogen-bond acceptors (Lipinski definition) is 2. The van der Waals surface area contributed by atoms with Gasteiger partial charge in [0.25, 0.3) is 0 Å². The van der Waals surface area contributed by atoms with Crippen molar-refractivity contribution in [3.8, 4) is 0 Å². The molecule has 0 aliphatic carbocycles. The predicted octanol–water partition coefficient (Wildman–Crippen LogP) is 2.55. The summed E-state index contributed by atoms with van der Waals surface area (Å²) in [6.07, 6.45) is 0.947. The summed E-state index contributed by atoms with van der Waals surface area (Å²) in [7, 11) is 0. The van der Waals surface area contributed by atoms with Gasteiger partial charge in [0.2, 0.25) is 0 Å². The van der Waals surface area contributed by atoms with E-state index in [-0.39, 0.29) is 12.0 Å². The first-order valence-corrected chi connectivity index (χ1v) is 4.96. The average molecular weight is 202 g/mol. The molecule has 3 nitrogen and oxygen atoms in total. The quantitative estimate of drug-likeness (QED) is 0.697. The first kappa shape index (κ1) is 13.4. The second-order valence-corrected chi connectivity index (χ2v) is 5.55. The van der Waals surface area contributed by atoms with Crippen LogP contribution in [0.4, 0.5) is 0 Å². The van der Waals surface area contributed by atoms with Gasteiger partial charge in [0.1, 0.15) is 0 Å². The Morgan fingerprint density at radius 3 is 2.07 bits per heavy atom. The number of ether oxygens (including phenoxy) is 1. The lowest BCUT2D eigenvalue weighted by atomic mass is 9.92. The third-order valence-electron chi connectivity index (χ3n) is 2.04. The summed E-state index contributed by atoms with van der Waals surface area (Å²) in [5.74, 6) is -0.812. The maximum atomic E-state index is 10.7. The maximum Gasteiger partial charge on any atom is 0.311 e. The fraction of sp³-hybridized carbons (Fsp3) is 0.909. The first-order valence-electron chi connectivity index (χ1n) is 4.96. The molecule has 1 N–H and O–H groups in total. The highest BCUT2D eigenvalue weighted by molar-refractivity contribution is 5.73. The third-order valence-corrected chi connectivity index (χ3v) is 2.04. The Bertz CT molecular complexity index is 189. The van der Waals surface area contributed by atoms with Crippen LogP contribution in [0.3, 0.4) is 0 Å². The lowest BCUT2D eigenvalue weighted by Crippen LogP contribution is -2.29. The Kier molecular flexibility index (Phi) is 4.59. The van der Waals surface area contributed by atoms with Crippen molar-refractivity contribution < 1.29 is 14.6 Å².